The standard InChI is InChI=1S/C27H26FN3O2/c1-2-3-4-6-13-19-16-21(24(33)17-23(19)32)26-25(18-11-7-5-8-12-18)30-31-27(29-26)20-14-9-10-15-22(20)28/h5,7-12,14-17,32-33H,2-4,6,13H2,1H3. The first-order valence-electron chi connectivity index (χ1n) is 11.2. The molecule has 1 heterocycles. The predicted molar refractivity (Wildman–Crippen MR) is 127 cm³/mol. The molecule has 0 amide bonds. The van der Waals surface area contributed by atoms with Crippen molar-refractivity contribution in [3.8, 4) is 45.4 Å². The van der Waals surface area contributed by atoms with Crippen molar-refractivity contribution in [1.82, 2.24) is 15.2 Å². The zero-order valence-electron chi connectivity index (χ0n) is 18.5. The number of aromatic hydroxyl groups is 2. The molecule has 2 N–H and O–H groups in total. The smallest absolute Gasteiger partial charge is 0.185 e. The molecule has 0 aliphatic rings. The van der Waals surface area contributed by atoms with Crippen LogP contribution < -0.4 is 0 Å². The molecular weight excluding hydrogens is 417 g/mol. The fourth-order valence-corrected chi connectivity index (χ4v) is 3.82. The lowest BCUT2D eigenvalue weighted by Gasteiger charge is -2.14. The molecule has 5 nitrogen and oxygen atoms in total. The van der Waals surface area contributed by atoms with Gasteiger partial charge in [-0.15, -0.1) is 10.2 Å². The number of unbranched alkanes of at least 4 members (excludes halogenated alkanes) is 3. The highest BCUT2D eigenvalue weighted by atomic mass is 19.1. The Kier molecular flexibility index (Phi) is 6.93. The van der Waals surface area contributed by atoms with E-state index in [1.165, 1.54) is 12.1 Å². The molecule has 4 rings (SSSR count). The molecule has 0 spiro atoms. The Bertz CT molecular complexity index is 1250. The molecule has 0 aliphatic carbocycles. The number of hydrogen-bond donors (Lipinski definition) is 2. The monoisotopic (exact) mass is 443 g/mol. The SMILES string of the molecule is CCCCCCc1cc(-c2nc(-c3ccccc3F)nnc2-c2ccccc2)c(O)cc1O. The van der Waals surface area contributed by atoms with Crippen LogP contribution in [0.1, 0.15) is 38.2 Å². The molecule has 168 valence electrons. The zero-order chi connectivity index (χ0) is 23.2. The van der Waals surface area contributed by atoms with Crippen LogP contribution in [0.25, 0.3) is 33.9 Å². The number of benzene rings is 3. The fraction of sp³-hybridized carbons (Fsp3) is 0.222. The van der Waals surface area contributed by atoms with E-state index in [0.29, 0.717) is 23.4 Å². The number of hydrogen-bond acceptors (Lipinski definition) is 5. The van der Waals surface area contributed by atoms with Crippen LogP contribution in [0, 0.1) is 5.82 Å². The van der Waals surface area contributed by atoms with Gasteiger partial charge in [-0.1, -0.05) is 68.7 Å². The Hall–Kier alpha value is -3.80. The minimum absolute atomic E-state index is 0.0466. The summed E-state index contributed by atoms with van der Waals surface area (Å²) in [6.45, 7) is 2.15. The minimum Gasteiger partial charge on any atom is -0.508 e. The van der Waals surface area contributed by atoms with Crippen LogP contribution >= 0.6 is 0 Å². The number of phenols is 2. The number of halogens is 1. The van der Waals surface area contributed by atoms with Crippen molar-refractivity contribution < 1.29 is 14.6 Å². The highest BCUT2D eigenvalue weighted by molar-refractivity contribution is 5.82. The first-order chi connectivity index (χ1) is 16.1. The summed E-state index contributed by atoms with van der Waals surface area (Å²) in [6.07, 6.45) is 4.93. The van der Waals surface area contributed by atoms with Crippen LogP contribution in [0.2, 0.25) is 0 Å². The molecule has 0 fully saturated rings. The van der Waals surface area contributed by atoms with Crippen LogP contribution in [0.5, 0.6) is 11.5 Å². The van der Waals surface area contributed by atoms with E-state index in [9.17, 15) is 14.6 Å². The molecule has 0 bridgehead atoms. The lowest BCUT2D eigenvalue weighted by atomic mass is 9.98. The molecule has 0 saturated carbocycles. The second-order valence-corrected chi connectivity index (χ2v) is 7.99. The Morgan fingerprint density at radius 3 is 2.27 bits per heavy atom. The number of aryl methyl sites for hydroxylation is 1. The van der Waals surface area contributed by atoms with Gasteiger partial charge >= 0.3 is 0 Å². The average molecular weight is 444 g/mol. The van der Waals surface area contributed by atoms with Crippen LogP contribution in [0.3, 0.4) is 0 Å². The van der Waals surface area contributed by atoms with Crippen molar-refractivity contribution in [2.75, 3.05) is 0 Å². The van der Waals surface area contributed by atoms with Crippen molar-refractivity contribution in [2.45, 2.75) is 39.0 Å². The molecule has 4 aromatic rings. The maximum Gasteiger partial charge on any atom is 0.185 e. The van der Waals surface area contributed by atoms with Crippen molar-refractivity contribution in [1.29, 1.82) is 0 Å². The summed E-state index contributed by atoms with van der Waals surface area (Å²) < 4.78 is 14.4. The topological polar surface area (TPSA) is 79.1 Å². The zero-order valence-corrected chi connectivity index (χ0v) is 18.5. The highest BCUT2D eigenvalue weighted by Crippen LogP contribution is 2.39. The van der Waals surface area contributed by atoms with E-state index in [2.05, 4.69) is 22.1 Å². The predicted octanol–water partition coefficient (Wildman–Crippen LogP) is 6.55. The summed E-state index contributed by atoms with van der Waals surface area (Å²) in [7, 11) is 0. The first kappa shape index (κ1) is 22.4. The summed E-state index contributed by atoms with van der Waals surface area (Å²) in [5.41, 5.74) is 2.98. The Labute approximate surface area is 192 Å². The Morgan fingerprint density at radius 2 is 1.52 bits per heavy atom. The molecular formula is C27H26FN3O2. The molecule has 33 heavy (non-hydrogen) atoms. The summed E-state index contributed by atoms with van der Waals surface area (Å²) in [5.74, 6) is -0.406. The second kappa shape index (κ2) is 10.2. The van der Waals surface area contributed by atoms with Crippen molar-refractivity contribution in [3.63, 3.8) is 0 Å². The normalized spacial score (nSPS) is 11.0. The third kappa shape index (κ3) is 5.00. The number of nitrogens with zero attached hydrogens (tertiary/aromatic N) is 3. The fourth-order valence-electron chi connectivity index (χ4n) is 3.82. The van der Waals surface area contributed by atoms with Crippen LogP contribution in [-0.4, -0.2) is 25.4 Å². The molecule has 6 heteroatoms. The van der Waals surface area contributed by atoms with Gasteiger partial charge in [-0.25, -0.2) is 9.37 Å². The van der Waals surface area contributed by atoms with Gasteiger partial charge in [-0.2, -0.15) is 0 Å². The lowest BCUT2D eigenvalue weighted by molar-refractivity contribution is 0.446. The summed E-state index contributed by atoms with van der Waals surface area (Å²) >= 11 is 0. The van der Waals surface area contributed by atoms with E-state index in [4.69, 9.17) is 0 Å². The van der Waals surface area contributed by atoms with Gasteiger partial charge in [0, 0.05) is 17.2 Å². The third-order valence-electron chi connectivity index (χ3n) is 5.60. The number of rotatable bonds is 8. The summed E-state index contributed by atoms with van der Waals surface area (Å²) in [5, 5.41) is 29.7. The Balaban J connectivity index is 1.85. The van der Waals surface area contributed by atoms with Gasteiger partial charge in [0.25, 0.3) is 0 Å². The van der Waals surface area contributed by atoms with Crippen LogP contribution in [0.4, 0.5) is 4.39 Å². The van der Waals surface area contributed by atoms with Crippen molar-refractivity contribution in [3.05, 3.63) is 78.1 Å². The van der Waals surface area contributed by atoms with Crippen molar-refractivity contribution >= 4 is 0 Å². The summed E-state index contributed by atoms with van der Waals surface area (Å²) in [4.78, 5) is 4.64. The van der Waals surface area contributed by atoms with Gasteiger partial charge in [0.1, 0.15) is 28.7 Å². The van der Waals surface area contributed by atoms with Gasteiger partial charge in [0.05, 0.1) is 5.56 Å². The second-order valence-electron chi connectivity index (χ2n) is 7.99. The molecule has 0 atom stereocenters. The quantitative estimate of drug-likeness (QED) is 0.302. The van der Waals surface area contributed by atoms with E-state index in [1.807, 2.05) is 30.3 Å². The van der Waals surface area contributed by atoms with Gasteiger partial charge in [0.2, 0.25) is 0 Å². The maximum absolute atomic E-state index is 14.4. The lowest BCUT2D eigenvalue weighted by Crippen LogP contribution is -2.02. The van der Waals surface area contributed by atoms with Gasteiger partial charge in [-0.3, -0.25) is 0 Å². The molecule has 0 saturated heterocycles. The number of aromatic nitrogens is 3. The molecule has 3 aromatic carbocycles. The van der Waals surface area contributed by atoms with Crippen LogP contribution in [0.15, 0.2) is 66.7 Å². The Morgan fingerprint density at radius 1 is 0.758 bits per heavy atom. The molecule has 0 aliphatic heterocycles. The van der Waals surface area contributed by atoms with E-state index >= 15 is 0 Å². The number of phenolic OH excluding ortho intramolecular Hbond substituents is 2. The average Bonchev–Trinajstić information content (AvgIpc) is 2.83. The van der Waals surface area contributed by atoms with Gasteiger partial charge < -0.3 is 10.2 Å². The van der Waals surface area contributed by atoms with Gasteiger partial charge in [0.15, 0.2) is 5.82 Å². The highest BCUT2D eigenvalue weighted by Gasteiger charge is 2.20. The molecule has 0 unspecified atom stereocenters. The summed E-state index contributed by atoms with van der Waals surface area (Å²) in [6, 6.07) is 18.7. The third-order valence-corrected chi connectivity index (χ3v) is 5.60. The van der Waals surface area contributed by atoms with E-state index in [0.717, 1.165) is 36.8 Å². The molecule has 1 aromatic heterocycles. The van der Waals surface area contributed by atoms with Crippen molar-refractivity contribution in [2.24, 2.45) is 0 Å². The van der Waals surface area contributed by atoms with E-state index < -0.39 is 5.82 Å². The first-order valence-corrected chi connectivity index (χ1v) is 11.2. The maximum atomic E-state index is 14.4. The minimum atomic E-state index is -0.454. The van der Waals surface area contributed by atoms with Gasteiger partial charge in [-0.05, 0) is 36.6 Å². The van der Waals surface area contributed by atoms with E-state index in [1.54, 1.807) is 24.3 Å². The largest absolute Gasteiger partial charge is 0.508 e. The van der Waals surface area contributed by atoms with E-state index in [-0.39, 0.29) is 22.9 Å². The van der Waals surface area contributed by atoms with Crippen LogP contribution in [-0.2, 0) is 6.42 Å². The molecule has 0 radical (unpaired) electrons.